The van der Waals surface area contributed by atoms with E-state index in [0.717, 1.165) is 0 Å². The Labute approximate surface area is 115 Å². The SMILES string of the molecule is CCCCOC(=O)C(=O)Oc1c(F)c(F)c(F)c(F)c1F. The smallest absolute Gasteiger partial charge is 0.423 e. The molecule has 0 fully saturated rings. The number of halogens is 5. The number of unbranched alkanes of at least 4 members (excludes halogenated alkanes) is 1. The van der Waals surface area contributed by atoms with Crippen molar-refractivity contribution in [2.75, 3.05) is 6.61 Å². The second kappa shape index (κ2) is 7.00. The highest BCUT2D eigenvalue weighted by Crippen LogP contribution is 2.29. The molecule has 0 aliphatic heterocycles. The summed E-state index contributed by atoms with van der Waals surface area (Å²) >= 11 is 0. The number of ether oxygens (including phenoxy) is 2. The van der Waals surface area contributed by atoms with Crippen LogP contribution in [0.3, 0.4) is 0 Å². The van der Waals surface area contributed by atoms with Gasteiger partial charge in [0.25, 0.3) is 0 Å². The largest absolute Gasteiger partial charge is 0.457 e. The van der Waals surface area contributed by atoms with Crippen LogP contribution in [0.4, 0.5) is 22.0 Å². The first-order valence-electron chi connectivity index (χ1n) is 5.71. The van der Waals surface area contributed by atoms with Gasteiger partial charge in [0.2, 0.25) is 34.8 Å². The van der Waals surface area contributed by atoms with Crippen LogP contribution in [0.5, 0.6) is 5.75 Å². The monoisotopic (exact) mass is 312 g/mol. The van der Waals surface area contributed by atoms with E-state index in [9.17, 15) is 31.5 Å². The number of carbonyl (C=O) groups excluding carboxylic acids is 2. The summed E-state index contributed by atoms with van der Waals surface area (Å²) in [5.41, 5.74) is 0. The van der Waals surface area contributed by atoms with Crippen molar-refractivity contribution >= 4 is 11.9 Å². The lowest BCUT2D eigenvalue weighted by Gasteiger charge is -2.08. The summed E-state index contributed by atoms with van der Waals surface area (Å²) in [4.78, 5) is 22.2. The molecule has 0 N–H and O–H groups in total. The Bertz CT molecular complexity index is 544. The van der Waals surface area contributed by atoms with Crippen LogP contribution in [0, 0.1) is 29.1 Å². The van der Waals surface area contributed by atoms with Crippen LogP contribution in [-0.2, 0) is 14.3 Å². The zero-order valence-electron chi connectivity index (χ0n) is 10.6. The van der Waals surface area contributed by atoms with Crippen LogP contribution in [0.15, 0.2) is 0 Å². The molecule has 0 spiro atoms. The topological polar surface area (TPSA) is 52.6 Å². The second-order valence-electron chi connectivity index (χ2n) is 3.78. The molecule has 0 atom stereocenters. The fourth-order valence-electron chi connectivity index (χ4n) is 1.18. The molecule has 0 saturated heterocycles. The lowest BCUT2D eigenvalue weighted by Crippen LogP contribution is -2.25. The van der Waals surface area contributed by atoms with Crippen molar-refractivity contribution in [3.8, 4) is 5.75 Å². The van der Waals surface area contributed by atoms with Crippen LogP contribution in [0.1, 0.15) is 19.8 Å². The van der Waals surface area contributed by atoms with E-state index in [2.05, 4.69) is 9.47 Å². The molecule has 0 radical (unpaired) electrons. The highest BCUT2D eigenvalue weighted by molar-refractivity contribution is 6.30. The van der Waals surface area contributed by atoms with E-state index >= 15 is 0 Å². The molecule has 0 heterocycles. The molecule has 1 aromatic carbocycles. The van der Waals surface area contributed by atoms with E-state index in [1.807, 2.05) is 0 Å². The van der Waals surface area contributed by atoms with Gasteiger partial charge < -0.3 is 9.47 Å². The third-order valence-electron chi connectivity index (χ3n) is 2.26. The fraction of sp³-hybridized carbons (Fsp3) is 0.333. The van der Waals surface area contributed by atoms with E-state index in [0.29, 0.717) is 12.8 Å². The predicted octanol–water partition coefficient (Wildman–Crippen LogP) is 2.63. The molecule has 0 bridgehead atoms. The van der Waals surface area contributed by atoms with Gasteiger partial charge in [0.15, 0.2) is 0 Å². The molecule has 0 saturated carbocycles. The Morgan fingerprint density at radius 1 is 0.857 bits per heavy atom. The standard InChI is InChI=1S/C12H9F5O4/c1-2-3-4-20-11(18)12(19)21-10-8(16)6(14)5(13)7(15)9(10)17/h2-4H2,1H3. The van der Waals surface area contributed by atoms with Gasteiger partial charge in [0.1, 0.15) is 0 Å². The van der Waals surface area contributed by atoms with Crippen molar-refractivity contribution in [2.24, 2.45) is 0 Å². The van der Waals surface area contributed by atoms with Crippen LogP contribution in [-0.4, -0.2) is 18.5 Å². The minimum Gasteiger partial charge on any atom is -0.457 e. The molecule has 1 rings (SSSR count). The van der Waals surface area contributed by atoms with Gasteiger partial charge in [-0.3, -0.25) is 0 Å². The molecule has 116 valence electrons. The zero-order valence-corrected chi connectivity index (χ0v) is 10.6. The predicted molar refractivity (Wildman–Crippen MR) is 57.7 cm³/mol. The summed E-state index contributed by atoms with van der Waals surface area (Å²) in [6, 6.07) is 0. The van der Waals surface area contributed by atoms with Gasteiger partial charge in [-0.1, -0.05) is 13.3 Å². The third-order valence-corrected chi connectivity index (χ3v) is 2.26. The Balaban J connectivity index is 2.93. The molecule has 4 nitrogen and oxygen atoms in total. The molecular formula is C12H9F5O4. The lowest BCUT2D eigenvalue weighted by molar-refractivity contribution is -0.162. The van der Waals surface area contributed by atoms with Crippen LogP contribution in [0.2, 0.25) is 0 Å². The van der Waals surface area contributed by atoms with Crippen molar-refractivity contribution < 1.29 is 41.0 Å². The average Bonchev–Trinajstić information content (AvgIpc) is 2.47. The van der Waals surface area contributed by atoms with E-state index < -0.39 is 46.8 Å². The number of hydrogen-bond donors (Lipinski definition) is 0. The Hall–Kier alpha value is -2.19. The van der Waals surface area contributed by atoms with Gasteiger partial charge in [-0.2, -0.15) is 8.78 Å². The molecule has 9 heteroatoms. The van der Waals surface area contributed by atoms with Gasteiger partial charge in [-0.15, -0.1) is 0 Å². The van der Waals surface area contributed by atoms with Crippen LogP contribution < -0.4 is 4.74 Å². The van der Waals surface area contributed by atoms with E-state index in [4.69, 9.17) is 0 Å². The minimum absolute atomic E-state index is 0.151. The van der Waals surface area contributed by atoms with Crippen molar-refractivity contribution in [2.45, 2.75) is 19.8 Å². The number of esters is 2. The molecular weight excluding hydrogens is 303 g/mol. The van der Waals surface area contributed by atoms with Crippen molar-refractivity contribution in [3.05, 3.63) is 29.1 Å². The van der Waals surface area contributed by atoms with Crippen LogP contribution in [0.25, 0.3) is 0 Å². The maximum Gasteiger partial charge on any atom is 0.423 e. The minimum atomic E-state index is -2.41. The molecule has 1 aromatic rings. The molecule has 0 aromatic heterocycles. The first-order chi connectivity index (χ1) is 9.81. The summed E-state index contributed by atoms with van der Waals surface area (Å²) in [7, 11) is 0. The third kappa shape index (κ3) is 3.67. The molecule has 0 aliphatic rings. The highest BCUT2D eigenvalue weighted by atomic mass is 19.2. The molecule has 0 amide bonds. The maximum absolute atomic E-state index is 13.2. The number of benzene rings is 1. The first-order valence-corrected chi connectivity index (χ1v) is 5.71. The maximum atomic E-state index is 13.2. The van der Waals surface area contributed by atoms with E-state index in [1.54, 1.807) is 6.92 Å². The van der Waals surface area contributed by atoms with Gasteiger partial charge >= 0.3 is 11.9 Å². The summed E-state index contributed by atoms with van der Waals surface area (Å²) < 4.78 is 73.0. The zero-order chi connectivity index (χ0) is 16.2. The Kier molecular flexibility index (Phi) is 5.62. The number of rotatable bonds is 4. The van der Waals surface area contributed by atoms with Crippen molar-refractivity contribution in [1.82, 2.24) is 0 Å². The van der Waals surface area contributed by atoms with Gasteiger partial charge in [0.05, 0.1) is 6.61 Å². The number of hydrogen-bond acceptors (Lipinski definition) is 4. The Morgan fingerprint density at radius 3 is 1.81 bits per heavy atom. The van der Waals surface area contributed by atoms with Gasteiger partial charge in [0, 0.05) is 0 Å². The quantitative estimate of drug-likeness (QED) is 0.163. The molecule has 0 aliphatic carbocycles. The molecule has 0 unspecified atom stereocenters. The number of carbonyl (C=O) groups is 2. The molecule has 21 heavy (non-hydrogen) atoms. The average molecular weight is 312 g/mol. The Morgan fingerprint density at radius 2 is 1.33 bits per heavy atom. The van der Waals surface area contributed by atoms with E-state index in [-0.39, 0.29) is 6.61 Å². The van der Waals surface area contributed by atoms with Gasteiger partial charge in [-0.05, 0) is 6.42 Å². The second-order valence-corrected chi connectivity index (χ2v) is 3.78. The van der Waals surface area contributed by atoms with E-state index in [1.165, 1.54) is 0 Å². The summed E-state index contributed by atoms with van der Waals surface area (Å²) in [5.74, 6) is -17.1. The van der Waals surface area contributed by atoms with Crippen molar-refractivity contribution in [1.29, 1.82) is 0 Å². The fourth-order valence-corrected chi connectivity index (χ4v) is 1.18. The normalized spacial score (nSPS) is 10.4. The summed E-state index contributed by atoms with van der Waals surface area (Å²) in [6.45, 7) is 1.61. The highest BCUT2D eigenvalue weighted by Gasteiger charge is 2.30. The lowest BCUT2D eigenvalue weighted by atomic mass is 10.2. The van der Waals surface area contributed by atoms with Gasteiger partial charge in [-0.25, -0.2) is 22.8 Å². The van der Waals surface area contributed by atoms with Crippen LogP contribution >= 0.6 is 0 Å². The summed E-state index contributed by atoms with van der Waals surface area (Å²) in [5, 5.41) is 0. The van der Waals surface area contributed by atoms with Crippen molar-refractivity contribution in [3.63, 3.8) is 0 Å². The first kappa shape index (κ1) is 16.9. The summed E-state index contributed by atoms with van der Waals surface area (Å²) in [6.07, 6.45) is 1.06.